The molecule has 1 aromatic rings. The van der Waals surface area contributed by atoms with E-state index in [1.54, 1.807) is 26.0 Å². The summed E-state index contributed by atoms with van der Waals surface area (Å²) in [6.07, 6.45) is 2.50. The van der Waals surface area contributed by atoms with Crippen LogP contribution in [0.4, 0.5) is 10.1 Å². The van der Waals surface area contributed by atoms with E-state index in [1.165, 1.54) is 12.1 Å². The first-order chi connectivity index (χ1) is 10.8. The number of hydrogen-bond donors (Lipinski definition) is 2. The lowest BCUT2D eigenvalue weighted by molar-refractivity contribution is -0.120. The molecular weight excluding hydrogens is 319 g/mol. The van der Waals surface area contributed by atoms with Gasteiger partial charge in [0.1, 0.15) is 5.82 Å². The third-order valence-electron chi connectivity index (χ3n) is 4.14. The highest BCUT2D eigenvalue weighted by Gasteiger charge is 2.29. The Kier molecular flexibility index (Phi) is 5.75. The largest absolute Gasteiger partial charge is 0.326 e. The molecule has 0 aliphatic heterocycles. The lowest BCUT2D eigenvalue weighted by Crippen LogP contribution is -2.42. The number of hydrogen-bond acceptors (Lipinski definition) is 3. The van der Waals surface area contributed by atoms with Crippen LogP contribution in [0.25, 0.3) is 0 Å². The number of benzene rings is 1. The highest BCUT2D eigenvalue weighted by atomic mass is 32.2. The van der Waals surface area contributed by atoms with Gasteiger partial charge in [0, 0.05) is 17.6 Å². The molecule has 128 valence electrons. The van der Waals surface area contributed by atoms with Crippen molar-refractivity contribution in [3.8, 4) is 0 Å². The van der Waals surface area contributed by atoms with Crippen molar-refractivity contribution in [1.29, 1.82) is 0 Å². The van der Waals surface area contributed by atoms with Crippen molar-refractivity contribution < 1.29 is 17.6 Å². The van der Waals surface area contributed by atoms with Crippen LogP contribution in [0.15, 0.2) is 24.3 Å². The highest BCUT2D eigenvalue weighted by Crippen LogP contribution is 2.26. The summed E-state index contributed by atoms with van der Waals surface area (Å²) >= 11 is 0. The molecule has 1 aliphatic rings. The minimum atomic E-state index is -3.28. The van der Waals surface area contributed by atoms with Crippen LogP contribution in [0.5, 0.6) is 0 Å². The quantitative estimate of drug-likeness (QED) is 0.864. The number of carbonyl (C=O) groups excluding carboxylic acids is 1. The fraction of sp³-hybridized carbons (Fsp3) is 0.562. The second-order valence-electron chi connectivity index (χ2n) is 6.26. The second-order valence-corrected chi connectivity index (χ2v) is 8.53. The normalized spacial score (nSPS) is 22.1. The van der Waals surface area contributed by atoms with Crippen molar-refractivity contribution in [3.63, 3.8) is 0 Å². The average Bonchev–Trinajstić information content (AvgIpc) is 2.47. The number of nitrogens with one attached hydrogen (secondary N) is 2. The van der Waals surface area contributed by atoms with Crippen molar-refractivity contribution in [1.82, 2.24) is 4.72 Å². The summed E-state index contributed by atoms with van der Waals surface area (Å²) < 4.78 is 39.5. The third-order valence-corrected chi connectivity index (χ3v) is 6.04. The van der Waals surface area contributed by atoms with Gasteiger partial charge in [0.25, 0.3) is 0 Å². The van der Waals surface area contributed by atoms with Gasteiger partial charge in [-0.2, -0.15) is 0 Å². The Morgan fingerprint density at radius 2 is 1.87 bits per heavy atom. The van der Waals surface area contributed by atoms with Crippen molar-refractivity contribution in [3.05, 3.63) is 30.1 Å². The molecule has 0 spiro atoms. The fourth-order valence-corrected chi connectivity index (χ4v) is 3.62. The lowest BCUT2D eigenvalue weighted by atomic mass is 9.86. The minimum Gasteiger partial charge on any atom is -0.326 e. The van der Waals surface area contributed by atoms with E-state index in [2.05, 4.69) is 10.0 Å². The van der Waals surface area contributed by atoms with Crippen LogP contribution < -0.4 is 10.0 Å². The Hall–Kier alpha value is -1.47. The summed E-state index contributed by atoms with van der Waals surface area (Å²) in [5.74, 6) is -0.701. The van der Waals surface area contributed by atoms with Crippen molar-refractivity contribution in [2.24, 2.45) is 5.92 Å². The van der Waals surface area contributed by atoms with Gasteiger partial charge >= 0.3 is 0 Å². The molecule has 1 aromatic carbocycles. The van der Waals surface area contributed by atoms with Crippen LogP contribution in [0.2, 0.25) is 0 Å². The maximum atomic E-state index is 13.1. The zero-order valence-electron chi connectivity index (χ0n) is 13.4. The second kappa shape index (κ2) is 7.40. The van der Waals surface area contributed by atoms with E-state index >= 15 is 0 Å². The average molecular weight is 342 g/mol. The molecule has 23 heavy (non-hydrogen) atoms. The number of halogens is 1. The van der Waals surface area contributed by atoms with Crippen molar-refractivity contribution in [2.75, 3.05) is 5.32 Å². The highest BCUT2D eigenvalue weighted by molar-refractivity contribution is 7.90. The van der Waals surface area contributed by atoms with Gasteiger partial charge in [0.05, 0.1) is 5.25 Å². The van der Waals surface area contributed by atoms with E-state index in [0.29, 0.717) is 31.4 Å². The summed E-state index contributed by atoms with van der Waals surface area (Å²) in [6.45, 7) is 3.28. The first-order valence-corrected chi connectivity index (χ1v) is 9.40. The molecule has 0 heterocycles. The summed E-state index contributed by atoms with van der Waals surface area (Å²) in [4.78, 5) is 12.2. The first kappa shape index (κ1) is 17.9. The predicted molar refractivity (Wildman–Crippen MR) is 88.0 cm³/mol. The first-order valence-electron chi connectivity index (χ1n) is 7.85. The van der Waals surface area contributed by atoms with Gasteiger partial charge in [-0.25, -0.2) is 17.5 Å². The predicted octanol–water partition coefficient (Wildman–Crippen LogP) is 2.65. The maximum Gasteiger partial charge on any atom is 0.227 e. The van der Waals surface area contributed by atoms with Gasteiger partial charge < -0.3 is 5.32 Å². The molecule has 1 aliphatic carbocycles. The van der Waals surface area contributed by atoms with Crippen LogP contribution in [-0.4, -0.2) is 25.6 Å². The standard InChI is InChI=1S/C16H23FN2O3S/c1-11(2)23(21,22)19-14-8-6-12(7-9-14)16(20)18-15-5-3-4-13(17)10-15/h3-5,10-12,14,19H,6-9H2,1-2H3,(H,18,20)/t12-,14-. The molecular formula is C16H23FN2O3S. The lowest BCUT2D eigenvalue weighted by Gasteiger charge is -2.28. The Bertz CT molecular complexity index is 653. The van der Waals surface area contributed by atoms with Crippen LogP contribution in [0, 0.1) is 11.7 Å². The molecule has 1 fully saturated rings. The summed E-state index contributed by atoms with van der Waals surface area (Å²) in [7, 11) is -3.28. The van der Waals surface area contributed by atoms with E-state index < -0.39 is 21.1 Å². The molecule has 2 rings (SSSR count). The Morgan fingerprint density at radius 1 is 1.22 bits per heavy atom. The molecule has 1 amide bonds. The molecule has 1 saturated carbocycles. The van der Waals surface area contributed by atoms with Gasteiger partial charge in [0.15, 0.2) is 0 Å². The molecule has 0 atom stereocenters. The summed E-state index contributed by atoms with van der Waals surface area (Å²) in [5, 5.41) is 2.25. The maximum absolute atomic E-state index is 13.1. The van der Waals surface area contributed by atoms with Crippen molar-refractivity contribution >= 4 is 21.6 Å². The van der Waals surface area contributed by atoms with Crippen LogP contribution in [-0.2, 0) is 14.8 Å². The zero-order valence-corrected chi connectivity index (χ0v) is 14.2. The fourth-order valence-electron chi connectivity index (χ4n) is 2.65. The molecule has 5 nitrogen and oxygen atoms in total. The van der Waals surface area contributed by atoms with E-state index in [1.807, 2.05) is 0 Å². The van der Waals surface area contributed by atoms with E-state index in [0.717, 1.165) is 0 Å². The van der Waals surface area contributed by atoms with E-state index in [4.69, 9.17) is 0 Å². The van der Waals surface area contributed by atoms with Gasteiger partial charge in [-0.05, 0) is 57.7 Å². The van der Waals surface area contributed by atoms with E-state index in [9.17, 15) is 17.6 Å². The number of sulfonamides is 1. The van der Waals surface area contributed by atoms with Gasteiger partial charge in [-0.1, -0.05) is 6.07 Å². The third kappa shape index (κ3) is 5.00. The molecule has 0 bridgehead atoms. The summed E-state index contributed by atoms with van der Waals surface area (Å²) in [6, 6.07) is 5.68. The molecule has 0 saturated heterocycles. The Morgan fingerprint density at radius 3 is 2.43 bits per heavy atom. The van der Waals surface area contributed by atoms with E-state index in [-0.39, 0.29) is 17.9 Å². The number of rotatable bonds is 5. The van der Waals surface area contributed by atoms with Gasteiger partial charge in [-0.15, -0.1) is 0 Å². The SMILES string of the molecule is CC(C)S(=O)(=O)N[C@H]1CC[C@H](C(=O)Nc2cccc(F)c2)CC1. The van der Waals surface area contributed by atoms with Gasteiger partial charge in [0.2, 0.25) is 15.9 Å². The van der Waals surface area contributed by atoms with Gasteiger partial charge in [-0.3, -0.25) is 4.79 Å². The number of anilines is 1. The van der Waals surface area contributed by atoms with Crippen molar-refractivity contribution in [2.45, 2.75) is 50.8 Å². The van der Waals surface area contributed by atoms with Crippen LogP contribution in [0.3, 0.4) is 0 Å². The van der Waals surface area contributed by atoms with Crippen LogP contribution in [0.1, 0.15) is 39.5 Å². The molecule has 2 N–H and O–H groups in total. The number of amides is 1. The zero-order chi connectivity index (χ0) is 17.0. The minimum absolute atomic E-state index is 0.111. The molecule has 0 aromatic heterocycles. The Labute approximate surface area is 136 Å². The molecule has 0 unspecified atom stereocenters. The smallest absolute Gasteiger partial charge is 0.227 e. The topological polar surface area (TPSA) is 75.3 Å². The monoisotopic (exact) mass is 342 g/mol. The summed E-state index contributed by atoms with van der Waals surface area (Å²) in [5.41, 5.74) is 0.442. The molecule has 7 heteroatoms. The Balaban J connectivity index is 1.85. The number of carbonyl (C=O) groups is 1. The van der Waals surface area contributed by atoms with Crippen LogP contribution >= 0.6 is 0 Å². The molecule has 0 radical (unpaired) electrons.